The average molecular weight is 280 g/mol. The second-order valence-electron chi connectivity index (χ2n) is 4.63. The first-order valence-corrected chi connectivity index (χ1v) is 7.63. The van der Waals surface area contributed by atoms with Crippen LogP contribution in [0.25, 0.3) is 0 Å². The molecule has 1 aromatic rings. The standard InChI is InChI=1S/C14H20N2O2S/c1-12(2)19(17,18)15-11-7-9-13-8-5-6-10-14(13)16(3)4/h5-6,8,10,12,15H,11H2,1-4H3. The molecular formula is C14H20N2O2S. The summed E-state index contributed by atoms with van der Waals surface area (Å²) in [5.74, 6) is 5.83. The molecule has 0 heterocycles. The zero-order chi connectivity index (χ0) is 14.5. The van der Waals surface area contributed by atoms with Crippen molar-refractivity contribution in [2.75, 3.05) is 25.5 Å². The highest BCUT2D eigenvalue weighted by Gasteiger charge is 2.13. The number of hydrogen-bond donors (Lipinski definition) is 1. The van der Waals surface area contributed by atoms with Crippen LogP contribution in [0.5, 0.6) is 0 Å². The number of nitrogens with one attached hydrogen (secondary N) is 1. The average Bonchev–Trinajstić information content (AvgIpc) is 2.34. The fraction of sp³-hybridized carbons (Fsp3) is 0.429. The molecule has 1 aromatic carbocycles. The molecule has 104 valence electrons. The molecule has 1 rings (SSSR count). The SMILES string of the molecule is CC(C)S(=O)(=O)NCC#Cc1ccccc1N(C)C. The van der Waals surface area contributed by atoms with Gasteiger partial charge in [0.05, 0.1) is 17.5 Å². The van der Waals surface area contributed by atoms with Crippen molar-refractivity contribution in [1.82, 2.24) is 4.72 Å². The van der Waals surface area contributed by atoms with Gasteiger partial charge in [0.1, 0.15) is 0 Å². The summed E-state index contributed by atoms with van der Waals surface area (Å²) in [6, 6.07) is 7.75. The molecule has 0 fully saturated rings. The van der Waals surface area contributed by atoms with Crippen LogP contribution < -0.4 is 9.62 Å². The van der Waals surface area contributed by atoms with Crippen molar-refractivity contribution in [2.24, 2.45) is 0 Å². The van der Waals surface area contributed by atoms with E-state index in [0.29, 0.717) is 0 Å². The highest BCUT2D eigenvalue weighted by molar-refractivity contribution is 7.90. The van der Waals surface area contributed by atoms with E-state index in [2.05, 4.69) is 16.6 Å². The molecule has 0 aliphatic heterocycles. The van der Waals surface area contributed by atoms with E-state index >= 15 is 0 Å². The number of benzene rings is 1. The Morgan fingerprint density at radius 3 is 2.47 bits per heavy atom. The van der Waals surface area contributed by atoms with Gasteiger partial charge in [-0.1, -0.05) is 24.0 Å². The number of nitrogens with zero attached hydrogens (tertiary/aromatic N) is 1. The quantitative estimate of drug-likeness (QED) is 0.849. The van der Waals surface area contributed by atoms with E-state index in [-0.39, 0.29) is 6.54 Å². The lowest BCUT2D eigenvalue weighted by Crippen LogP contribution is -2.30. The second kappa shape index (κ2) is 6.60. The van der Waals surface area contributed by atoms with Crippen molar-refractivity contribution in [3.8, 4) is 11.8 Å². The summed E-state index contributed by atoms with van der Waals surface area (Å²) in [4.78, 5) is 1.97. The minimum absolute atomic E-state index is 0.127. The Morgan fingerprint density at radius 2 is 1.89 bits per heavy atom. The van der Waals surface area contributed by atoms with Gasteiger partial charge in [0.15, 0.2) is 0 Å². The number of anilines is 1. The molecule has 4 nitrogen and oxygen atoms in total. The molecule has 0 bridgehead atoms. The summed E-state index contributed by atoms with van der Waals surface area (Å²) in [6.45, 7) is 3.40. The lowest BCUT2D eigenvalue weighted by molar-refractivity contribution is 0.577. The van der Waals surface area contributed by atoms with Crippen LogP contribution in [0.3, 0.4) is 0 Å². The van der Waals surface area contributed by atoms with Crippen LogP contribution >= 0.6 is 0 Å². The van der Waals surface area contributed by atoms with Gasteiger partial charge in [0.25, 0.3) is 0 Å². The number of hydrogen-bond acceptors (Lipinski definition) is 3. The van der Waals surface area contributed by atoms with E-state index in [0.717, 1.165) is 11.3 Å². The van der Waals surface area contributed by atoms with Gasteiger partial charge in [-0.05, 0) is 26.0 Å². The molecule has 0 saturated carbocycles. The highest BCUT2D eigenvalue weighted by atomic mass is 32.2. The molecule has 0 saturated heterocycles. The van der Waals surface area contributed by atoms with Crippen LogP contribution in [0.2, 0.25) is 0 Å². The van der Waals surface area contributed by atoms with Crippen LogP contribution in [-0.4, -0.2) is 34.3 Å². The Bertz CT molecular complexity index is 581. The van der Waals surface area contributed by atoms with E-state index in [9.17, 15) is 8.42 Å². The van der Waals surface area contributed by atoms with Crippen molar-refractivity contribution in [3.05, 3.63) is 29.8 Å². The smallest absolute Gasteiger partial charge is 0.214 e. The first-order valence-electron chi connectivity index (χ1n) is 6.08. The third kappa shape index (κ3) is 4.58. The Hall–Kier alpha value is -1.51. The van der Waals surface area contributed by atoms with E-state index in [1.807, 2.05) is 43.3 Å². The lowest BCUT2D eigenvalue weighted by atomic mass is 10.1. The van der Waals surface area contributed by atoms with E-state index in [1.54, 1.807) is 13.8 Å². The van der Waals surface area contributed by atoms with Gasteiger partial charge in [-0.15, -0.1) is 0 Å². The Morgan fingerprint density at radius 1 is 1.26 bits per heavy atom. The fourth-order valence-corrected chi connectivity index (χ4v) is 2.02. The molecule has 5 heteroatoms. The van der Waals surface area contributed by atoms with Crippen LogP contribution in [0, 0.1) is 11.8 Å². The van der Waals surface area contributed by atoms with E-state index in [4.69, 9.17) is 0 Å². The van der Waals surface area contributed by atoms with E-state index < -0.39 is 15.3 Å². The molecule has 1 N–H and O–H groups in total. The topological polar surface area (TPSA) is 49.4 Å². The van der Waals surface area contributed by atoms with Crippen LogP contribution in [0.1, 0.15) is 19.4 Å². The van der Waals surface area contributed by atoms with E-state index in [1.165, 1.54) is 0 Å². The van der Waals surface area contributed by atoms with Gasteiger partial charge >= 0.3 is 0 Å². The van der Waals surface area contributed by atoms with Gasteiger partial charge in [0.2, 0.25) is 10.0 Å². The third-order valence-corrected chi connectivity index (χ3v) is 4.38. The molecule has 0 radical (unpaired) electrons. The third-order valence-electron chi connectivity index (χ3n) is 2.59. The number of rotatable bonds is 4. The maximum Gasteiger partial charge on any atom is 0.214 e. The summed E-state index contributed by atoms with van der Waals surface area (Å²) in [7, 11) is 0.651. The largest absolute Gasteiger partial charge is 0.377 e. The second-order valence-corrected chi connectivity index (χ2v) is 6.95. The number of para-hydroxylation sites is 1. The van der Waals surface area contributed by atoms with Crippen molar-refractivity contribution < 1.29 is 8.42 Å². The monoisotopic (exact) mass is 280 g/mol. The maximum absolute atomic E-state index is 11.5. The zero-order valence-corrected chi connectivity index (χ0v) is 12.6. The normalized spacial score (nSPS) is 11.0. The maximum atomic E-state index is 11.5. The first kappa shape index (κ1) is 15.5. The van der Waals surface area contributed by atoms with Crippen LogP contribution in [0.4, 0.5) is 5.69 Å². The predicted octanol–water partition coefficient (Wildman–Crippen LogP) is 1.43. The summed E-state index contributed by atoms with van der Waals surface area (Å²) in [5.41, 5.74) is 1.90. The van der Waals surface area contributed by atoms with Crippen molar-refractivity contribution >= 4 is 15.7 Å². The van der Waals surface area contributed by atoms with Crippen molar-refractivity contribution in [3.63, 3.8) is 0 Å². The predicted molar refractivity (Wildman–Crippen MR) is 79.7 cm³/mol. The molecule has 0 atom stereocenters. The Kier molecular flexibility index (Phi) is 5.40. The minimum Gasteiger partial charge on any atom is -0.377 e. The zero-order valence-electron chi connectivity index (χ0n) is 11.8. The summed E-state index contributed by atoms with van der Waals surface area (Å²) < 4.78 is 25.5. The fourth-order valence-electron chi connectivity index (χ4n) is 1.41. The summed E-state index contributed by atoms with van der Waals surface area (Å²) in [6.07, 6.45) is 0. The minimum atomic E-state index is -3.24. The molecule has 0 aliphatic carbocycles. The first-order chi connectivity index (χ1) is 8.84. The van der Waals surface area contributed by atoms with Crippen LogP contribution in [-0.2, 0) is 10.0 Å². The van der Waals surface area contributed by atoms with Gasteiger partial charge in [-0.3, -0.25) is 0 Å². The molecule has 0 aliphatic rings. The van der Waals surface area contributed by atoms with Crippen LogP contribution in [0.15, 0.2) is 24.3 Å². The molecule has 19 heavy (non-hydrogen) atoms. The molecule has 0 aromatic heterocycles. The van der Waals surface area contributed by atoms with Crippen molar-refractivity contribution in [1.29, 1.82) is 0 Å². The summed E-state index contributed by atoms with van der Waals surface area (Å²) >= 11 is 0. The van der Waals surface area contributed by atoms with Gasteiger partial charge in [-0.2, -0.15) is 0 Å². The lowest BCUT2D eigenvalue weighted by Gasteiger charge is -2.13. The molecule has 0 spiro atoms. The highest BCUT2D eigenvalue weighted by Crippen LogP contribution is 2.16. The van der Waals surface area contributed by atoms with Gasteiger partial charge < -0.3 is 4.90 Å². The number of sulfonamides is 1. The van der Waals surface area contributed by atoms with Crippen molar-refractivity contribution in [2.45, 2.75) is 19.1 Å². The molecule has 0 amide bonds. The Labute approximate surface area is 115 Å². The van der Waals surface area contributed by atoms with Gasteiger partial charge in [0, 0.05) is 19.7 Å². The molecular weight excluding hydrogens is 260 g/mol. The van der Waals surface area contributed by atoms with Gasteiger partial charge in [-0.25, -0.2) is 13.1 Å². The molecule has 0 unspecified atom stereocenters. The summed E-state index contributed by atoms with van der Waals surface area (Å²) in [5, 5.41) is -0.441. The Balaban J connectivity index is 2.75.